The van der Waals surface area contributed by atoms with Crippen molar-refractivity contribution < 1.29 is 19.1 Å². The van der Waals surface area contributed by atoms with Crippen LogP contribution in [0.25, 0.3) is 0 Å². The average molecular weight is 388 g/mol. The van der Waals surface area contributed by atoms with Gasteiger partial charge in [0, 0.05) is 31.0 Å². The molecule has 0 bridgehead atoms. The summed E-state index contributed by atoms with van der Waals surface area (Å²) in [6.45, 7) is 2.59. The number of anilines is 1. The second-order valence-corrected chi connectivity index (χ2v) is 7.28. The van der Waals surface area contributed by atoms with Crippen LogP contribution in [0.1, 0.15) is 39.3 Å². The molecule has 0 spiro atoms. The normalized spacial score (nSPS) is 16.2. The lowest BCUT2D eigenvalue weighted by Crippen LogP contribution is -2.26. The molecule has 1 aromatic carbocycles. The molecular formula is C20H24N2O4S. The van der Waals surface area contributed by atoms with Crippen molar-refractivity contribution in [3.63, 3.8) is 0 Å². The zero-order valence-corrected chi connectivity index (χ0v) is 15.9. The first-order valence-electron chi connectivity index (χ1n) is 9.15. The molecule has 2 amide bonds. The number of amides is 2. The van der Waals surface area contributed by atoms with E-state index in [-0.39, 0.29) is 17.9 Å². The molecule has 7 heteroatoms. The summed E-state index contributed by atoms with van der Waals surface area (Å²) in [6.07, 6.45) is 3.15. The maximum atomic E-state index is 12.3. The SMILES string of the molecule is O=C(NCCCOCC1CCCO1)c1cccc(NC(=O)c2cccs2)c1. The van der Waals surface area contributed by atoms with E-state index in [9.17, 15) is 9.59 Å². The molecule has 0 radical (unpaired) electrons. The summed E-state index contributed by atoms with van der Waals surface area (Å²) in [7, 11) is 0. The van der Waals surface area contributed by atoms with E-state index in [4.69, 9.17) is 9.47 Å². The molecule has 0 saturated carbocycles. The van der Waals surface area contributed by atoms with E-state index < -0.39 is 0 Å². The third kappa shape index (κ3) is 6.16. The Bertz CT molecular complexity index is 742. The van der Waals surface area contributed by atoms with E-state index in [1.165, 1.54) is 11.3 Å². The monoisotopic (exact) mass is 388 g/mol. The van der Waals surface area contributed by atoms with Crippen LogP contribution >= 0.6 is 11.3 Å². The summed E-state index contributed by atoms with van der Waals surface area (Å²) in [6, 6.07) is 10.5. The second-order valence-electron chi connectivity index (χ2n) is 6.33. The van der Waals surface area contributed by atoms with Gasteiger partial charge in [-0.25, -0.2) is 0 Å². The molecule has 1 saturated heterocycles. The van der Waals surface area contributed by atoms with Crippen LogP contribution in [-0.2, 0) is 9.47 Å². The Labute approximate surface area is 162 Å². The van der Waals surface area contributed by atoms with Crippen LogP contribution in [0, 0.1) is 0 Å². The number of hydrogen-bond donors (Lipinski definition) is 2. The minimum Gasteiger partial charge on any atom is -0.379 e. The smallest absolute Gasteiger partial charge is 0.265 e. The fraction of sp³-hybridized carbons (Fsp3) is 0.400. The van der Waals surface area contributed by atoms with Crippen molar-refractivity contribution >= 4 is 28.8 Å². The van der Waals surface area contributed by atoms with Gasteiger partial charge in [0.05, 0.1) is 17.6 Å². The van der Waals surface area contributed by atoms with Crippen LogP contribution in [0.5, 0.6) is 0 Å². The Hall–Kier alpha value is -2.22. The number of ether oxygens (including phenoxy) is 2. The Balaban J connectivity index is 1.38. The van der Waals surface area contributed by atoms with Crippen molar-refractivity contribution in [2.24, 2.45) is 0 Å². The Morgan fingerprint density at radius 1 is 1.22 bits per heavy atom. The minimum atomic E-state index is -0.175. The van der Waals surface area contributed by atoms with Gasteiger partial charge < -0.3 is 20.1 Å². The Morgan fingerprint density at radius 2 is 2.15 bits per heavy atom. The van der Waals surface area contributed by atoms with Crippen molar-refractivity contribution in [3.05, 3.63) is 52.2 Å². The number of nitrogens with one attached hydrogen (secondary N) is 2. The Morgan fingerprint density at radius 3 is 2.93 bits per heavy atom. The predicted octanol–water partition coefficient (Wildman–Crippen LogP) is 3.32. The van der Waals surface area contributed by atoms with Gasteiger partial charge in [0.15, 0.2) is 0 Å². The molecule has 144 valence electrons. The first-order chi connectivity index (χ1) is 13.2. The number of carbonyl (C=O) groups is 2. The van der Waals surface area contributed by atoms with Crippen molar-refractivity contribution in [1.29, 1.82) is 0 Å². The molecular weight excluding hydrogens is 364 g/mol. The molecule has 0 aliphatic carbocycles. The highest BCUT2D eigenvalue weighted by molar-refractivity contribution is 7.12. The zero-order chi connectivity index (χ0) is 18.9. The summed E-state index contributed by atoms with van der Waals surface area (Å²) in [5, 5.41) is 7.54. The van der Waals surface area contributed by atoms with E-state index in [1.54, 1.807) is 30.3 Å². The highest BCUT2D eigenvalue weighted by Crippen LogP contribution is 2.15. The fourth-order valence-corrected chi connectivity index (χ4v) is 3.43. The van der Waals surface area contributed by atoms with Gasteiger partial charge in [-0.05, 0) is 48.9 Å². The van der Waals surface area contributed by atoms with E-state index in [0.29, 0.717) is 35.9 Å². The molecule has 2 heterocycles. The predicted molar refractivity (Wildman–Crippen MR) is 105 cm³/mol. The van der Waals surface area contributed by atoms with Gasteiger partial charge in [-0.3, -0.25) is 9.59 Å². The molecule has 6 nitrogen and oxygen atoms in total. The standard InChI is InChI=1S/C20H24N2O4S/c23-19(21-9-4-10-25-14-17-7-2-11-26-17)15-5-1-6-16(13-15)22-20(24)18-8-3-12-27-18/h1,3,5-6,8,12-13,17H,2,4,7,9-11,14H2,(H,21,23)(H,22,24). The number of carbonyl (C=O) groups excluding carboxylic acids is 2. The summed E-state index contributed by atoms with van der Waals surface area (Å²) in [5.41, 5.74) is 1.11. The summed E-state index contributed by atoms with van der Waals surface area (Å²) in [4.78, 5) is 25.0. The molecule has 1 aliphatic heterocycles. The van der Waals surface area contributed by atoms with Crippen LogP contribution < -0.4 is 10.6 Å². The Kier molecular flexibility index (Phi) is 7.38. The van der Waals surface area contributed by atoms with Crippen molar-refractivity contribution in [2.75, 3.05) is 31.7 Å². The van der Waals surface area contributed by atoms with E-state index in [1.807, 2.05) is 11.4 Å². The fourth-order valence-electron chi connectivity index (χ4n) is 2.81. The molecule has 27 heavy (non-hydrogen) atoms. The molecule has 2 aromatic rings. The van der Waals surface area contributed by atoms with E-state index in [0.717, 1.165) is 25.9 Å². The van der Waals surface area contributed by atoms with Gasteiger partial charge in [-0.1, -0.05) is 12.1 Å². The van der Waals surface area contributed by atoms with Gasteiger partial charge in [-0.15, -0.1) is 11.3 Å². The lowest BCUT2D eigenvalue weighted by Gasteiger charge is -2.10. The lowest BCUT2D eigenvalue weighted by molar-refractivity contribution is 0.0166. The topological polar surface area (TPSA) is 76.7 Å². The van der Waals surface area contributed by atoms with Crippen molar-refractivity contribution in [3.8, 4) is 0 Å². The number of rotatable bonds is 9. The minimum absolute atomic E-state index is 0.165. The zero-order valence-electron chi connectivity index (χ0n) is 15.1. The first-order valence-corrected chi connectivity index (χ1v) is 10.0. The number of thiophene rings is 1. The van der Waals surface area contributed by atoms with Crippen LogP contribution in [-0.4, -0.2) is 44.3 Å². The molecule has 1 aliphatic rings. The van der Waals surface area contributed by atoms with Gasteiger partial charge in [0.25, 0.3) is 11.8 Å². The van der Waals surface area contributed by atoms with Gasteiger partial charge in [0.2, 0.25) is 0 Å². The summed E-state index contributed by atoms with van der Waals surface area (Å²) < 4.78 is 11.1. The second kappa shape index (κ2) is 10.2. The van der Waals surface area contributed by atoms with Crippen molar-refractivity contribution in [2.45, 2.75) is 25.4 Å². The van der Waals surface area contributed by atoms with E-state index in [2.05, 4.69) is 10.6 Å². The average Bonchev–Trinajstić information content (AvgIpc) is 3.38. The molecule has 1 aromatic heterocycles. The van der Waals surface area contributed by atoms with E-state index >= 15 is 0 Å². The van der Waals surface area contributed by atoms with Crippen LogP contribution in [0.4, 0.5) is 5.69 Å². The molecule has 1 atom stereocenters. The maximum absolute atomic E-state index is 12.3. The summed E-state index contributed by atoms with van der Waals surface area (Å²) >= 11 is 1.38. The van der Waals surface area contributed by atoms with Crippen molar-refractivity contribution in [1.82, 2.24) is 5.32 Å². The van der Waals surface area contributed by atoms with Crippen LogP contribution in [0.3, 0.4) is 0 Å². The van der Waals surface area contributed by atoms with Crippen LogP contribution in [0.15, 0.2) is 41.8 Å². The molecule has 2 N–H and O–H groups in total. The highest BCUT2D eigenvalue weighted by atomic mass is 32.1. The molecule has 3 rings (SSSR count). The summed E-state index contributed by atoms with van der Waals surface area (Å²) in [5.74, 6) is -0.340. The highest BCUT2D eigenvalue weighted by Gasteiger charge is 2.15. The van der Waals surface area contributed by atoms with Gasteiger partial charge >= 0.3 is 0 Å². The van der Waals surface area contributed by atoms with Gasteiger partial charge in [0.1, 0.15) is 0 Å². The quantitative estimate of drug-likeness (QED) is 0.646. The van der Waals surface area contributed by atoms with Gasteiger partial charge in [-0.2, -0.15) is 0 Å². The largest absolute Gasteiger partial charge is 0.379 e. The maximum Gasteiger partial charge on any atom is 0.265 e. The molecule has 1 fully saturated rings. The number of benzene rings is 1. The molecule has 1 unspecified atom stereocenters. The third-order valence-corrected chi connectivity index (χ3v) is 5.07. The first kappa shape index (κ1) is 19.5. The third-order valence-electron chi connectivity index (χ3n) is 4.21. The lowest BCUT2D eigenvalue weighted by atomic mass is 10.2. The number of hydrogen-bond acceptors (Lipinski definition) is 5. The van der Waals surface area contributed by atoms with Crippen LogP contribution in [0.2, 0.25) is 0 Å².